The summed E-state index contributed by atoms with van der Waals surface area (Å²) in [5.74, 6) is 0.466. The maximum absolute atomic E-state index is 12.1. The molecule has 0 saturated carbocycles. The van der Waals surface area contributed by atoms with Crippen LogP contribution in [0, 0.1) is 0 Å². The van der Waals surface area contributed by atoms with Crippen molar-refractivity contribution < 1.29 is 9.53 Å². The van der Waals surface area contributed by atoms with Gasteiger partial charge in [0.05, 0.1) is 28.1 Å². The highest BCUT2D eigenvalue weighted by Gasteiger charge is 2.33. The third-order valence-electron chi connectivity index (χ3n) is 4.24. The van der Waals surface area contributed by atoms with Crippen molar-refractivity contribution in [1.29, 1.82) is 0 Å². The number of ether oxygens (including phenoxy) is 1. The molecule has 0 bridgehead atoms. The second-order valence-electron chi connectivity index (χ2n) is 5.76. The lowest BCUT2D eigenvalue weighted by Crippen LogP contribution is -2.36. The van der Waals surface area contributed by atoms with Crippen LogP contribution < -0.4 is 10.2 Å². The Hall–Kier alpha value is -1.34. The van der Waals surface area contributed by atoms with Crippen LogP contribution >= 0.6 is 34.5 Å². The summed E-state index contributed by atoms with van der Waals surface area (Å²) >= 11 is 14.2. The molecule has 2 aliphatic heterocycles. The van der Waals surface area contributed by atoms with Gasteiger partial charge < -0.3 is 15.0 Å². The molecule has 1 aromatic carbocycles. The number of carbonyl (C=O) groups excluding carboxylic acids is 1. The number of morpholine rings is 1. The predicted molar refractivity (Wildman–Crippen MR) is 96.7 cm³/mol. The summed E-state index contributed by atoms with van der Waals surface area (Å²) in [5.41, 5.74) is 0.873. The van der Waals surface area contributed by atoms with Gasteiger partial charge in [0.25, 0.3) is 0 Å². The Labute approximate surface area is 153 Å². The Morgan fingerprint density at radius 3 is 2.88 bits per heavy atom. The molecule has 126 valence electrons. The fourth-order valence-electron chi connectivity index (χ4n) is 3.04. The number of halogens is 2. The molecule has 0 aliphatic carbocycles. The highest BCUT2D eigenvalue weighted by atomic mass is 35.5. The van der Waals surface area contributed by atoms with Crippen LogP contribution in [0.4, 0.5) is 10.9 Å². The molecule has 4 rings (SSSR count). The van der Waals surface area contributed by atoms with Crippen molar-refractivity contribution in [3.8, 4) is 0 Å². The zero-order valence-electron chi connectivity index (χ0n) is 12.7. The van der Waals surface area contributed by atoms with E-state index in [0.29, 0.717) is 35.5 Å². The zero-order chi connectivity index (χ0) is 16.7. The summed E-state index contributed by atoms with van der Waals surface area (Å²) in [7, 11) is 0. The molecule has 1 aromatic heterocycles. The van der Waals surface area contributed by atoms with Gasteiger partial charge in [-0.1, -0.05) is 46.7 Å². The van der Waals surface area contributed by atoms with Gasteiger partial charge in [-0.25, -0.2) is 4.98 Å². The van der Waals surface area contributed by atoms with Crippen molar-refractivity contribution in [2.75, 3.05) is 36.5 Å². The van der Waals surface area contributed by atoms with Crippen LogP contribution in [0.15, 0.2) is 18.2 Å². The molecule has 0 radical (unpaired) electrons. The molecule has 2 aromatic rings. The maximum Gasteiger partial charge on any atom is 0.226 e. The molecule has 0 spiro atoms. The first kappa shape index (κ1) is 16.1. The van der Waals surface area contributed by atoms with Crippen LogP contribution in [-0.2, 0) is 9.53 Å². The zero-order valence-corrected chi connectivity index (χ0v) is 15.0. The van der Waals surface area contributed by atoms with Gasteiger partial charge in [-0.05, 0) is 11.6 Å². The number of hydrogen-bond donors (Lipinski definition) is 1. The second kappa shape index (κ2) is 6.52. The van der Waals surface area contributed by atoms with Crippen LogP contribution in [0.5, 0.6) is 0 Å². The van der Waals surface area contributed by atoms with Crippen LogP contribution in [0.25, 0.3) is 0 Å². The van der Waals surface area contributed by atoms with Crippen LogP contribution in [0.2, 0.25) is 10.0 Å². The van der Waals surface area contributed by atoms with E-state index in [1.165, 1.54) is 0 Å². The van der Waals surface area contributed by atoms with Crippen LogP contribution in [-0.4, -0.2) is 37.2 Å². The first-order chi connectivity index (χ1) is 11.6. The molecule has 5 nitrogen and oxygen atoms in total. The van der Waals surface area contributed by atoms with Crippen LogP contribution in [0.3, 0.4) is 0 Å². The molecule has 1 amide bonds. The molecule has 1 saturated heterocycles. The summed E-state index contributed by atoms with van der Waals surface area (Å²) in [6, 6.07) is 5.54. The lowest BCUT2D eigenvalue weighted by Gasteiger charge is -2.26. The monoisotopic (exact) mass is 383 g/mol. The fraction of sp³-hybridized carbons (Fsp3) is 0.375. The number of anilines is 2. The molecular weight excluding hydrogens is 369 g/mol. The Balaban J connectivity index is 1.74. The number of amides is 1. The summed E-state index contributed by atoms with van der Waals surface area (Å²) < 4.78 is 5.39. The lowest BCUT2D eigenvalue weighted by atomic mass is 9.91. The first-order valence-corrected chi connectivity index (χ1v) is 9.28. The SMILES string of the molecule is O=C1C[C@H](c2cccc(Cl)c2Cl)c2sc(N3CCOCC3)nc2N1. The molecule has 24 heavy (non-hydrogen) atoms. The number of nitrogens with zero attached hydrogens (tertiary/aromatic N) is 2. The minimum Gasteiger partial charge on any atom is -0.378 e. The number of aromatic nitrogens is 1. The minimum atomic E-state index is -0.118. The number of hydrogen-bond acceptors (Lipinski definition) is 5. The third-order valence-corrected chi connectivity index (χ3v) is 6.31. The van der Waals surface area contributed by atoms with E-state index in [1.807, 2.05) is 12.1 Å². The number of fused-ring (bicyclic) bond motifs is 1. The van der Waals surface area contributed by atoms with Crippen molar-refractivity contribution >= 4 is 51.4 Å². The Morgan fingerprint density at radius 2 is 2.08 bits per heavy atom. The van der Waals surface area contributed by atoms with Crippen LogP contribution in [0.1, 0.15) is 22.8 Å². The van der Waals surface area contributed by atoms with Gasteiger partial charge in [-0.2, -0.15) is 0 Å². The van der Waals surface area contributed by atoms with Gasteiger partial charge in [0.1, 0.15) is 5.82 Å². The molecule has 1 fully saturated rings. The van der Waals surface area contributed by atoms with E-state index in [1.54, 1.807) is 17.4 Å². The van der Waals surface area contributed by atoms with Crippen molar-refractivity contribution in [1.82, 2.24) is 4.98 Å². The van der Waals surface area contributed by atoms with Gasteiger partial charge in [-0.3, -0.25) is 4.79 Å². The molecule has 0 unspecified atom stereocenters. The molecule has 1 atom stereocenters. The first-order valence-electron chi connectivity index (χ1n) is 7.70. The largest absolute Gasteiger partial charge is 0.378 e. The second-order valence-corrected chi connectivity index (χ2v) is 7.55. The Bertz CT molecular complexity index is 790. The van der Waals surface area contributed by atoms with E-state index >= 15 is 0 Å². The van der Waals surface area contributed by atoms with E-state index in [0.717, 1.165) is 28.7 Å². The van der Waals surface area contributed by atoms with Crippen molar-refractivity contribution in [2.45, 2.75) is 12.3 Å². The summed E-state index contributed by atoms with van der Waals surface area (Å²) in [6.07, 6.45) is 0.345. The van der Waals surface area contributed by atoms with Crippen molar-refractivity contribution in [3.63, 3.8) is 0 Å². The molecule has 2 aliphatic rings. The van der Waals surface area contributed by atoms with E-state index < -0.39 is 0 Å². The number of benzene rings is 1. The predicted octanol–water partition coefficient (Wildman–Crippen LogP) is 3.76. The summed E-state index contributed by atoms with van der Waals surface area (Å²) in [5, 5.41) is 4.80. The van der Waals surface area contributed by atoms with Gasteiger partial charge in [0.2, 0.25) is 5.91 Å². The van der Waals surface area contributed by atoms with Crippen molar-refractivity contribution in [3.05, 3.63) is 38.7 Å². The normalized spacial score (nSPS) is 20.7. The Kier molecular flexibility index (Phi) is 4.39. The molecular formula is C16H15Cl2N3O2S. The number of carbonyl (C=O) groups is 1. The molecule has 1 N–H and O–H groups in total. The standard InChI is InChI=1S/C16H15Cl2N3O2S/c17-11-3-1-2-9(13(11)18)10-8-12(22)19-15-14(10)24-16(20-15)21-4-6-23-7-5-21/h1-3,10H,4-8H2,(H,19,22)/t10-/m1/s1. The summed E-state index contributed by atoms with van der Waals surface area (Å²) in [4.78, 5) is 20.0. The van der Waals surface area contributed by atoms with Gasteiger partial charge in [0, 0.05) is 25.4 Å². The van der Waals surface area contributed by atoms with E-state index in [2.05, 4.69) is 15.2 Å². The number of nitrogens with one attached hydrogen (secondary N) is 1. The van der Waals surface area contributed by atoms with Crippen molar-refractivity contribution in [2.24, 2.45) is 0 Å². The van der Waals surface area contributed by atoms with E-state index in [4.69, 9.17) is 27.9 Å². The topological polar surface area (TPSA) is 54.5 Å². The smallest absolute Gasteiger partial charge is 0.226 e. The third kappa shape index (κ3) is 2.88. The fourth-order valence-corrected chi connectivity index (χ4v) is 4.67. The minimum absolute atomic E-state index is 0.0534. The van der Waals surface area contributed by atoms with E-state index in [-0.39, 0.29) is 11.8 Å². The average Bonchev–Trinajstić information content (AvgIpc) is 3.01. The van der Waals surface area contributed by atoms with E-state index in [9.17, 15) is 4.79 Å². The van der Waals surface area contributed by atoms with Gasteiger partial charge >= 0.3 is 0 Å². The molecule has 8 heteroatoms. The Morgan fingerprint density at radius 1 is 1.29 bits per heavy atom. The van der Waals surface area contributed by atoms with Gasteiger partial charge in [-0.15, -0.1) is 0 Å². The highest BCUT2D eigenvalue weighted by molar-refractivity contribution is 7.16. The number of rotatable bonds is 2. The highest BCUT2D eigenvalue weighted by Crippen LogP contribution is 2.45. The average molecular weight is 384 g/mol. The summed E-state index contributed by atoms with van der Waals surface area (Å²) in [6.45, 7) is 3.01. The number of thiazole rings is 1. The lowest BCUT2D eigenvalue weighted by molar-refractivity contribution is -0.116. The maximum atomic E-state index is 12.1. The molecule has 3 heterocycles. The van der Waals surface area contributed by atoms with Gasteiger partial charge in [0.15, 0.2) is 5.13 Å². The quantitative estimate of drug-likeness (QED) is 0.857.